The topological polar surface area (TPSA) is 41.1 Å². The van der Waals surface area contributed by atoms with Crippen molar-refractivity contribution >= 4 is 5.91 Å². The molecule has 1 heterocycles. The Morgan fingerprint density at radius 2 is 1.94 bits per heavy atom. The number of benzene rings is 1. The molecule has 1 aromatic carbocycles. The van der Waals surface area contributed by atoms with E-state index in [-0.39, 0.29) is 11.4 Å². The van der Waals surface area contributed by atoms with Crippen molar-refractivity contribution in [2.45, 2.75) is 39.4 Å². The van der Waals surface area contributed by atoms with Crippen molar-refractivity contribution in [2.75, 3.05) is 0 Å². The molecule has 0 saturated carbocycles. The Morgan fingerprint density at radius 3 is 2.62 bits per heavy atom. The number of nitrogens with one attached hydrogen (secondary N) is 2. The van der Waals surface area contributed by atoms with Gasteiger partial charge < -0.3 is 10.6 Å². The zero-order valence-corrected chi connectivity index (χ0v) is 10.1. The number of fused-ring (bicyclic) bond motifs is 1. The Kier molecular flexibility index (Phi) is 2.72. The standard InChI is InChI=1S/C13H18N2O/c1-13(2,3)15-12(16)9-4-5-10-7-14-8-11(10)6-9/h4-6,14H,7-8H2,1-3H3,(H,15,16). The second-order valence-corrected chi connectivity index (χ2v) is 5.29. The normalized spacial score (nSPS) is 14.7. The van der Waals surface area contributed by atoms with Gasteiger partial charge in [0.05, 0.1) is 0 Å². The monoisotopic (exact) mass is 218 g/mol. The van der Waals surface area contributed by atoms with Gasteiger partial charge in [0.2, 0.25) is 0 Å². The first-order valence-corrected chi connectivity index (χ1v) is 5.61. The molecule has 2 rings (SSSR count). The summed E-state index contributed by atoms with van der Waals surface area (Å²) in [5.74, 6) is 0.00204. The lowest BCUT2D eigenvalue weighted by Gasteiger charge is -2.20. The van der Waals surface area contributed by atoms with Crippen molar-refractivity contribution in [3.05, 3.63) is 34.9 Å². The van der Waals surface area contributed by atoms with Crippen LogP contribution in [0.2, 0.25) is 0 Å². The molecular weight excluding hydrogens is 200 g/mol. The van der Waals surface area contributed by atoms with E-state index in [1.807, 2.05) is 39.0 Å². The maximum absolute atomic E-state index is 11.9. The third kappa shape index (κ3) is 2.42. The van der Waals surface area contributed by atoms with E-state index in [1.54, 1.807) is 0 Å². The summed E-state index contributed by atoms with van der Waals surface area (Å²) in [7, 11) is 0. The molecule has 1 aliphatic heterocycles. The van der Waals surface area contributed by atoms with Crippen LogP contribution in [0, 0.1) is 0 Å². The number of hydrogen-bond donors (Lipinski definition) is 2. The summed E-state index contributed by atoms with van der Waals surface area (Å²) >= 11 is 0. The number of hydrogen-bond acceptors (Lipinski definition) is 2. The van der Waals surface area contributed by atoms with Crippen LogP contribution in [0.15, 0.2) is 18.2 Å². The van der Waals surface area contributed by atoms with Crippen LogP contribution in [0.5, 0.6) is 0 Å². The lowest BCUT2D eigenvalue weighted by Crippen LogP contribution is -2.40. The maximum atomic E-state index is 11.9. The second kappa shape index (κ2) is 3.91. The predicted molar refractivity (Wildman–Crippen MR) is 64.2 cm³/mol. The molecule has 1 amide bonds. The van der Waals surface area contributed by atoms with Crippen LogP contribution in [0.3, 0.4) is 0 Å². The van der Waals surface area contributed by atoms with Gasteiger partial charge in [-0.1, -0.05) is 6.07 Å². The predicted octanol–water partition coefficient (Wildman–Crippen LogP) is 1.82. The highest BCUT2D eigenvalue weighted by Crippen LogP contribution is 2.17. The average molecular weight is 218 g/mol. The van der Waals surface area contributed by atoms with E-state index in [2.05, 4.69) is 10.6 Å². The molecule has 0 radical (unpaired) electrons. The van der Waals surface area contributed by atoms with Gasteiger partial charge in [-0.05, 0) is 44.0 Å². The van der Waals surface area contributed by atoms with Crippen LogP contribution in [0.1, 0.15) is 42.3 Å². The fourth-order valence-corrected chi connectivity index (χ4v) is 1.85. The van der Waals surface area contributed by atoms with E-state index < -0.39 is 0 Å². The minimum atomic E-state index is -0.186. The van der Waals surface area contributed by atoms with Gasteiger partial charge in [-0.3, -0.25) is 4.79 Å². The molecule has 0 aromatic heterocycles. The van der Waals surface area contributed by atoms with Crippen molar-refractivity contribution in [1.29, 1.82) is 0 Å². The van der Waals surface area contributed by atoms with Gasteiger partial charge in [0, 0.05) is 24.2 Å². The van der Waals surface area contributed by atoms with Crippen LogP contribution in [0.25, 0.3) is 0 Å². The van der Waals surface area contributed by atoms with Gasteiger partial charge in [0.15, 0.2) is 0 Å². The largest absolute Gasteiger partial charge is 0.347 e. The van der Waals surface area contributed by atoms with E-state index >= 15 is 0 Å². The first-order valence-electron chi connectivity index (χ1n) is 5.61. The summed E-state index contributed by atoms with van der Waals surface area (Å²) in [6, 6.07) is 5.91. The summed E-state index contributed by atoms with van der Waals surface area (Å²) < 4.78 is 0. The average Bonchev–Trinajstić information content (AvgIpc) is 2.61. The Morgan fingerprint density at radius 1 is 1.25 bits per heavy atom. The molecule has 0 spiro atoms. The quantitative estimate of drug-likeness (QED) is 0.755. The molecule has 3 nitrogen and oxygen atoms in total. The number of rotatable bonds is 1. The van der Waals surface area contributed by atoms with Gasteiger partial charge in [0.25, 0.3) is 5.91 Å². The van der Waals surface area contributed by atoms with Crippen LogP contribution in [-0.2, 0) is 13.1 Å². The molecular formula is C13H18N2O. The minimum Gasteiger partial charge on any atom is -0.347 e. The minimum absolute atomic E-state index is 0.00204. The molecule has 0 aliphatic carbocycles. The van der Waals surface area contributed by atoms with Crippen molar-refractivity contribution in [3.63, 3.8) is 0 Å². The summed E-state index contributed by atoms with van der Waals surface area (Å²) in [5.41, 5.74) is 3.10. The molecule has 3 heteroatoms. The fourth-order valence-electron chi connectivity index (χ4n) is 1.85. The molecule has 1 aromatic rings. The summed E-state index contributed by atoms with van der Waals surface area (Å²) in [6.45, 7) is 7.74. The molecule has 0 atom stereocenters. The van der Waals surface area contributed by atoms with Crippen molar-refractivity contribution in [3.8, 4) is 0 Å². The van der Waals surface area contributed by atoms with Crippen LogP contribution in [0.4, 0.5) is 0 Å². The first-order chi connectivity index (χ1) is 7.46. The third-order valence-corrected chi connectivity index (χ3v) is 2.59. The highest BCUT2D eigenvalue weighted by atomic mass is 16.1. The van der Waals surface area contributed by atoms with E-state index in [4.69, 9.17) is 0 Å². The number of carbonyl (C=O) groups excluding carboxylic acids is 1. The Balaban J connectivity index is 2.19. The Bertz CT molecular complexity index is 418. The summed E-state index contributed by atoms with van der Waals surface area (Å²) in [5, 5.41) is 6.24. The van der Waals surface area contributed by atoms with Crippen LogP contribution < -0.4 is 10.6 Å². The van der Waals surface area contributed by atoms with Gasteiger partial charge in [0.1, 0.15) is 0 Å². The smallest absolute Gasteiger partial charge is 0.251 e. The molecule has 0 unspecified atom stereocenters. The van der Waals surface area contributed by atoms with Crippen LogP contribution >= 0.6 is 0 Å². The lowest BCUT2D eigenvalue weighted by molar-refractivity contribution is 0.0919. The number of amides is 1. The highest BCUT2D eigenvalue weighted by Gasteiger charge is 2.17. The molecule has 0 saturated heterocycles. The van der Waals surface area contributed by atoms with Gasteiger partial charge in [-0.25, -0.2) is 0 Å². The Hall–Kier alpha value is -1.35. The first kappa shape index (κ1) is 11.1. The van der Waals surface area contributed by atoms with Gasteiger partial charge >= 0.3 is 0 Å². The second-order valence-electron chi connectivity index (χ2n) is 5.29. The maximum Gasteiger partial charge on any atom is 0.251 e. The molecule has 0 fully saturated rings. The highest BCUT2D eigenvalue weighted by molar-refractivity contribution is 5.94. The van der Waals surface area contributed by atoms with E-state index in [9.17, 15) is 4.79 Å². The summed E-state index contributed by atoms with van der Waals surface area (Å²) in [6.07, 6.45) is 0. The summed E-state index contributed by atoms with van der Waals surface area (Å²) in [4.78, 5) is 11.9. The third-order valence-electron chi connectivity index (χ3n) is 2.59. The van der Waals surface area contributed by atoms with E-state index in [0.717, 1.165) is 18.7 Å². The van der Waals surface area contributed by atoms with Crippen LogP contribution in [-0.4, -0.2) is 11.4 Å². The van der Waals surface area contributed by atoms with Crippen molar-refractivity contribution < 1.29 is 4.79 Å². The fraction of sp³-hybridized carbons (Fsp3) is 0.462. The lowest BCUT2D eigenvalue weighted by atomic mass is 10.0. The van der Waals surface area contributed by atoms with E-state index in [1.165, 1.54) is 11.1 Å². The van der Waals surface area contributed by atoms with E-state index in [0.29, 0.717) is 0 Å². The Labute approximate surface area is 96.2 Å². The molecule has 0 bridgehead atoms. The molecule has 1 aliphatic rings. The zero-order valence-electron chi connectivity index (χ0n) is 10.1. The zero-order chi connectivity index (χ0) is 11.8. The van der Waals surface area contributed by atoms with Gasteiger partial charge in [-0.2, -0.15) is 0 Å². The SMILES string of the molecule is CC(C)(C)NC(=O)c1ccc2c(c1)CNC2. The molecule has 16 heavy (non-hydrogen) atoms. The van der Waals surface area contributed by atoms with Crippen molar-refractivity contribution in [1.82, 2.24) is 10.6 Å². The molecule has 86 valence electrons. The molecule has 2 N–H and O–H groups in total. The van der Waals surface area contributed by atoms with Crippen molar-refractivity contribution in [2.24, 2.45) is 0 Å². The van der Waals surface area contributed by atoms with Gasteiger partial charge in [-0.15, -0.1) is 0 Å². The number of carbonyl (C=O) groups is 1.